The number of carbonyl (C=O) groups is 1. The van der Waals surface area contributed by atoms with Crippen LogP contribution in [0.1, 0.15) is 41.7 Å². The predicted octanol–water partition coefficient (Wildman–Crippen LogP) is 4.07. The molecule has 1 aromatic heterocycles. The Hall–Kier alpha value is -2.76. The first-order valence-electron chi connectivity index (χ1n) is 8.68. The molecule has 0 atom stereocenters. The van der Waals surface area contributed by atoms with Crippen LogP contribution in [0.2, 0.25) is 0 Å². The van der Waals surface area contributed by atoms with Gasteiger partial charge < -0.3 is 15.1 Å². The van der Waals surface area contributed by atoms with Gasteiger partial charge in [0, 0.05) is 43.4 Å². The number of oxazole rings is 1. The Morgan fingerprint density at radius 3 is 2.88 bits per heavy atom. The number of aromatic nitrogens is 1. The number of benzene rings is 1. The lowest BCUT2D eigenvalue weighted by Crippen LogP contribution is -2.11. The number of hydrogen-bond donors (Lipinski definition) is 2. The van der Waals surface area contributed by atoms with Gasteiger partial charge in [0.25, 0.3) is 0 Å². The third kappa shape index (κ3) is 4.25. The van der Waals surface area contributed by atoms with E-state index in [1.165, 1.54) is 44.2 Å². The Bertz CT molecular complexity index is 866. The van der Waals surface area contributed by atoms with Gasteiger partial charge in [-0.1, -0.05) is 0 Å². The summed E-state index contributed by atoms with van der Waals surface area (Å²) in [7, 11) is 0. The van der Waals surface area contributed by atoms with Crippen molar-refractivity contribution in [3.63, 3.8) is 0 Å². The van der Waals surface area contributed by atoms with Crippen LogP contribution < -0.4 is 5.32 Å². The van der Waals surface area contributed by atoms with Gasteiger partial charge in [-0.25, -0.2) is 9.37 Å². The number of halogens is 1. The highest BCUT2D eigenvalue weighted by atomic mass is 19.1. The second kappa shape index (κ2) is 7.64. The molecule has 0 unspecified atom stereocenters. The highest BCUT2D eigenvalue weighted by Crippen LogP contribution is 2.30. The summed E-state index contributed by atoms with van der Waals surface area (Å²) >= 11 is 0. The van der Waals surface area contributed by atoms with E-state index in [4.69, 9.17) is 9.83 Å². The van der Waals surface area contributed by atoms with E-state index >= 15 is 0 Å². The van der Waals surface area contributed by atoms with Gasteiger partial charge in [-0.3, -0.25) is 4.79 Å². The van der Waals surface area contributed by atoms with Gasteiger partial charge in [-0.15, -0.1) is 0 Å². The highest BCUT2D eigenvalue weighted by molar-refractivity contribution is 6.00. The number of rotatable bonds is 8. The molecule has 5 nitrogen and oxygen atoms in total. The lowest BCUT2D eigenvalue weighted by atomic mass is 9.99. The van der Waals surface area contributed by atoms with Crippen molar-refractivity contribution in [3.05, 3.63) is 52.9 Å². The van der Waals surface area contributed by atoms with Crippen LogP contribution in [0, 0.1) is 24.1 Å². The van der Waals surface area contributed by atoms with E-state index in [0.717, 1.165) is 18.0 Å². The van der Waals surface area contributed by atoms with Gasteiger partial charge in [-0.2, -0.15) is 0 Å². The van der Waals surface area contributed by atoms with Crippen molar-refractivity contribution in [3.8, 4) is 11.3 Å². The molecule has 2 aromatic rings. The summed E-state index contributed by atoms with van der Waals surface area (Å²) in [4.78, 5) is 16.3. The molecule has 0 bridgehead atoms. The van der Waals surface area contributed by atoms with E-state index < -0.39 is 5.82 Å². The van der Waals surface area contributed by atoms with Crippen molar-refractivity contribution in [1.82, 2.24) is 10.3 Å². The predicted molar refractivity (Wildman–Crippen MR) is 97.9 cm³/mol. The molecule has 1 saturated carbocycles. The van der Waals surface area contributed by atoms with Gasteiger partial charge in [0.15, 0.2) is 17.4 Å². The molecule has 26 heavy (non-hydrogen) atoms. The van der Waals surface area contributed by atoms with Gasteiger partial charge in [0.05, 0.1) is 5.69 Å². The number of nitrogens with one attached hydrogen (secondary N) is 2. The summed E-state index contributed by atoms with van der Waals surface area (Å²) in [6, 6.07) is 4.05. The van der Waals surface area contributed by atoms with Crippen LogP contribution in [-0.2, 0) is 6.42 Å². The standard InChI is InChI=1S/C20H22FN3O2/c1-12(25)18-8-16(21)5-6-17(18)20-19(24-13(2)26-20)7-15(9-22)11-23-10-14-3-4-14/h5-6,8-9,11,14,22-23H,3-4,7,10H2,1-2H3/b15-11-,22-9?. The molecule has 1 heterocycles. The maximum Gasteiger partial charge on any atom is 0.192 e. The topological polar surface area (TPSA) is 79.0 Å². The maximum absolute atomic E-state index is 13.6. The van der Waals surface area contributed by atoms with E-state index in [9.17, 15) is 9.18 Å². The summed E-state index contributed by atoms with van der Waals surface area (Å²) < 4.78 is 19.3. The quantitative estimate of drug-likeness (QED) is 0.553. The molecule has 0 radical (unpaired) electrons. The van der Waals surface area contributed by atoms with Crippen molar-refractivity contribution in [2.75, 3.05) is 6.54 Å². The maximum atomic E-state index is 13.6. The zero-order valence-corrected chi connectivity index (χ0v) is 14.9. The van der Waals surface area contributed by atoms with Crippen LogP contribution >= 0.6 is 0 Å². The normalized spacial score (nSPS) is 14.3. The summed E-state index contributed by atoms with van der Waals surface area (Å²) in [6.45, 7) is 4.03. The van der Waals surface area contributed by atoms with Crippen molar-refractivity contribution < 1.29 is 13.6 Å². The Kier molecular flexibility index (Phi) is 5.30. The Balaban J connectivity index is 1.90. The third-order valence-electron chi connectivity index (χ3n) is 4.36. The average molecular weight is 355 g/mol. The molecule has 0 spiro atoms. The Morgan fingerprint density at radius 1 is 1.46 bits per heavy atom. The zero-order valence-electron chi connectivity index (χ0n) is 14.9. The number of ketones is 1. The number of allylic oxidation sites excluding steroid dienone is 1. The van der Waals surface area contributed by atoms with E-state index in [-0.39, 0.29) is 11.3 Å². The minimum atomic E-state index is -0.471. The molecule has 0 amide bonds. The third-order valence-corrected chi connectivity index (χ3v) is 4.36. The molecule has 1 aliphatic carbocycles. The van der Waals surface area contributed by atoms with E-state index in [1.807, 2.05) is 6.20 Å². The second-order valence-electron chi connectivity index (χ2n) is 6.65. The molecule has 3 rings (SSSR count). The molecule has 1 fully saturated rings. The molecule has 1 aromatic carbocycles. The minimum Gasteiger partial charge on any atom is -0.441 e. The van der Waals surface area contributed by atoms with Crippen LogP contribution in [0.25, 0.3) is 11.3 Å². The largest absolute Gasteiger partial charge is 0.441 e. The van der Waals surface area contributed by atoms with Crippen LogP contribution in [0.5, 0.6) is 0 Å². The SMILES string of the molecule is CC(=O)c1cc(F)ccc1-c1oc(C)nc1C/C(C=N)=C/NCC1CC1. The fourth-order valence-corrected chi connectivity index (χ4v) is 2.82. The molecule has 1 aliphatic rings. The highest BCUT2D eigenvalue weighted by Gasteiger charge is 2.21. The summed E-state index contributed by atoms with van der Waals surface area (Å²) in [6.07, 6.45) is 6.01. The lowest BCUT2D eigenvalue weighted by molar-refractivity contribution is 0.101. The summed E-state index contributed by atoms with van der Waals surface area (Å²) in [5.74, 6) is 0.932. The van der Waals surface area contributed by atoms with Crippen molar-refractivity contribution >= 4 is 12.0 Å². The van der Waals surface area contributed by atoms with Gasteiger partial charge >= 0.3 is 0 Å². The van der Waals surface area contributed by atoms with Crippen LogP contribution in [0.3, 0.4) is 0 Å². The molecule has 2 N–H and O–H groups in total. The Labute approximate surface area is 151 Å². The van der Waals surface area contributed by atoms with Gasteiger partial charge in [-0.05, 0) is 49.5 Å². The smallest absolute Gasteiger partial charge is 0.192 e. The van der Waals surface area contributed by atoms with Crippen LogP contribution in [-0.4, -0.2) is 23.5 Å². The fraction of sp³-hybridized carbons (Fsp3) is 0.350. The summed E-state index contributed by atoms with van der Waals surface area (Å²) in [5, 5.41) is 10.9. The molecule has 136 valence electrons. The van der Waals surface area contributed by atoms with Crippen molar-refractivity contribution in [1.29, 1.82) is 5.41 Å². The molecular weight excluding hydrogens is 333 g/mol. The second-order valence-corrected chi connectivity index (χ2v) is 6.65. The van der Waals surface area contributed by atoms with E-state index in [2.05, 4.69) is 10.3 Å². The average Bonchev–Trinajstić information content (AvgIpc) is 3.35. The number of nitrogens with zero attached hydrogens (tertiary/aromatic N) is 1. The zero-order chi connectivity index (χ0) is 18.7. The minimum absolute atomic E-state index is 0.242. The van der Waals surface area contributed by atoms with Gasteiger partial charge in [0.1, 0.15) is 5.82 Å². The van der Waals surface area contributed by atoms with Crippen LogP contribution in [0.15, 0.2) is 34.4 Å². The summed E-state index contributed by atoms with van der Waals surface area (Å²) in [5.41, 5.74) is 2.16. The molecule has 0 saturated heterocycles. The fourth-order valence-electron chi connectivity index (χ4n) is 2.82. The monoisotopic (exact) mass is 355 g/mol. The number of hydrogen-bond acceptors (Lipinski definition) is 5. The van der Waals surface area contributed by atoms with E-state index in [1.54, 1.807) is 6.92 Å². The first-order valence-corrected chi connectivity index (χ1v) is 8.68. The van der Waals surface area contributed by atoms with Crippen LogP contribution in [0.4, 0.5) is 4.39 Å². The molecule has 0 aliphatic heterocycles. The van der Waals surface area contributed by atoms with Crippen molar-refractivity contribution in [2.45, 2.75) is 33.1 Å². The number of Topliss-reactive ketones (excluding diaryl/α,β-unsaturated/α-hetero) is 1. The van der Waals surface area contributed by atoms with Crippen molar-refractivity contribution in [2.24, 2.45) is 5.92 Å². The number of carbonyl (C=O) groups excluding carboxylic acids is 1. The Morgan fingerprint density at radius 2 is 2.23 bits per heavy atom. The van der Waals surface area contributed by atoms with E-state index in [0.29, 0.717) is 29.3 Å². The number of aryl methyl sites for hydroxylation is 1. The lowest BCUT2D eigenvalue weighted by Gasteiger charge is -2.07. The first-order chi connectivity index (χ1) is 12.5. The molecule has 6 heteroatoms. The first kappa shape index (κ1) is 18.0. The molecular formula is C20H22FN3O2. The van der Waals surface area contributed by atoms with Gasteiger partial charge in [0.2, 0.25) is 0 Å².